The van der Waals surface area contributed by atoms with Crippen LogP contribution in [0.15, 0.2) is 18.6 Å². The quantitative estimate of drug-likeness (QED) is 0.525. The Kier molecular flexibility index (Phi) is 1.46. The molecule has 0 saturated heterocycles. The van der Waals surface area contributed by atoms with Crippen LogP contribution in [-0.4, -0.2) is 30.1 Å². The van der Waals surface area contributed by atoms with Gasteiger partial charge in [-0.2, -0.15) is 5.10 Å². The Morgan fingerprint density at radius 3 is 2.93 bits per heavy atom. The average Bonchev–Trinajstić information content (AvgIpc) is 2.86. The number of aromatic amines is 2. The normalized spacial score (nSPS) is 10.9. The molecule has 3 heterocycles. The second kappa shape index (κ2) is 2.77. The number of anilines is 1. The van der Waals surface area contributed by atoms with Crippen molar-refractivity contribution in [3.8, 4) is 11.5 Å². The molecule has 7 nitrogen and oxygen atoms in total. The van der Waals surface area contributed by atoms with Crippen molar-refractivity contribution in [1.82, 2.24) is 30.1 Å². The second-order valence-corrected chi connectivity index (χ2v) is 3.01. The fraction of sp³-hybridized carbons (Fsp3) is 0. The van der Waals surface area contributed by atoms with Crippen LogP contribution in [0.2, 0.25) is 0 Å². The van der Waals surface area contributed by atoms with Gasteiger partial charge < -0.3 is 10.7 Å². The monoisotopic (exact) mass is 201 g/mol. The molecule has 0 spiro atoms. The van der Waals surface area contributed by atoms with Gasteiger partial charge in [-0.15, -0.1) is 0 Å². The van der Waals surface area contributed by atoms with E-state index in [4.69, 9.17) is 5.73 Å². The Morgan fingerprint density at radius 2 is 2.20 bits per heavy atom. The van der Waals surface area contributed by atoms with Crippen molar-refractivity contribution >= 4 is 17.0 Å². The summed E-state index contributed by atoms with van der Waals surface area (Å²) in [6.07, 6.45) is 3.03. The Labute approximate surface area is 83.8 Å². The zero-order valence-electron chi connectivity index (χ0n) is 7.60. The van der Waals surface area contributed by atoms with Crippen LogP contribution in [-0.2, 0) is 0 Å². The van der Waals surface area contributed by atoms with Gasteiger partial charge in [-0.05, 0) is 6.07 Å². The number of nitrogens with two attached hydrogens (primary N) is 1. The number of fused-ring (bicyclic) bond motifs is 1. The molecule has 0 aromatic carbocycles. The molecule has 0 radical (unpaired) electrons. The zero-order chi connectivity index (χ0) is 10.3. The molecule has 15 heavy (non-hydrogen) atoms. The highest BCUT2D eigenvalue weighted by molar-refractivity contribution is 5.83. The molecule has 0 aliphatic rings. The van der Waals surface area contributed by atoms with Gasteiger partial charge in [0.1, 0.15) is 17.5 Å². The minimum Gasteiger partial charge on any atom is -0.382 e. The van der Waals surface area contributed by atoms with Crippen molar-refractivity contribution in [1.29, 1.82) is 0 Å². The Bertz CT molecular complexity index is 595. The van der Waals surface area contributed by atoms with Gasteiger partial charge in [0.25, 0.3) is 0 Å². The average molecular weight is 201 g/mol. The third-order valence-corrected chi connectivity index (χ3v) is 2.07. The van der Waals surface area contributed by atoms with Gasteiger partial charge in [0.2, 0.25) is 0 Å². The predicted molar refractivity (Wildman–Crippen MR) is 53.7 cm³/mol. The maximum Gasteiger partial charge on any atom is 0.183 e. The second-order valence-electron chi connectivity index (χ2n) is 3.01. The minimum absolute atomic E-state index is 0.387. The topological polar surface area (TPSA) is 109 Å². The summed E-state index contributed by atoms with van der Waals surface area (Å²) >= 11 is 0. The molecular weight excluding hydrogens is 194 g/mol. The maximum atomic E-state index is 5.67. The smallest absolute Gasteiger partial charge is 0.183 e. The van der Waals surface area contributed by atoms with E-state index < -0.39 is 0 Å². The maximum absolute atomic E-state index is 5.67. The van der Waals surface area contributed by atoms with Crippen LogP contribution in [0.1, 0.15) is 0 Å². The first-order chi connectivity index (χ1) is 7.34. The van der Waals surface area contributed by atoms with E-state index in [0.29, 0.717) is 22.8 Å². The number of nitrogen functional groups attached to an aromatic ring is 1. The van der Waals surface area contributed by atoms with E-state index in [2.05, 4.69) is 30.1 Å². The van der Waals surface area contributed by atoms with Crippen molar-refractivity contribution in [3.63, 3.8) is 0 Å². The summed E-state index contributed by atoms with van der Waals surface area (Å²) in [6.45, 7) is 0. The molecule has 0 fully saturated rings. The lowest BCUT2D eigenvalue weighted by Crippen LogP contribution is -1.91. The Hall–Kier alpha value is -2.44. The highest BCUT2D eigenvalue weighted by Crippen LogP contribution is 2.18. The highest BCUT2D eigenvalue weighted by Gasteiger charge is 2.09. The fourth-order valence-corrected chi connectivity index (χ4v) is 1.36. The van der Waals surface area contributed by atoms with Crippen molar-refractivity contribution in [2.75, 3.05) is 5.73 Å². The first-order valence-electron chi connectivity index (χ1n) is 4.30. The minimum atomic E-state index is 0.387. The van der Waals surface area contributed by atoms with E-state index in [1.807, 2.05) is 0 Å². The molecule has 4 N–H and O–H groups in total. The van der Waals surface area contributed by atoms with Crippen LogP contribution in [0, 0.1) is 0 Å². The van der Waals surface area contributed by atoms with Gasteiger partial charge in [-0.1, -0.05) is 0 Å². The van der Waals surface area contributed by atoms with Crippen molar-refractivity contribution in [2.45, 2.75) is 0 Å². The van der Waals surface area contributed by atoms with Crippen LogP contribution >= 0.6 is 0 Å². The number of hydrogen-bond acceptors (Lipinski definition) is 5. The van der Waals surface area contributed by atoms with E-state index in [0.717, 1.165) is 5.69 Å². The van der Waals surface area contributed by atoms with Crippen molar-refractivity contribution < 1.29 is 0 Å². The molecular formula is C8H7N7. The molecule has 0 aliphatic heterocycles. The first kappa shape index (κ1) is 7.92. The molecule has 7 heteroatoms. The summed E-state index contributed by atoms with van der Waals surface area (Å²) in [7, 11) is 0. The number of H-pyrrole nitrogens is 2. The van der Waals surface area contributed by atoms with Crippen LogP contribution in [0.3, 0.4) is 0 Å². The van der Waals surface area contributed by atoms with E-state index in [1.54, 1.807) is 12.3 Å². The van der Waals surface area contributed by atoms with E-state index in [-0.39, 0.29) is 0 Å². The lowest BCUT2D eigenvalue weighted by atomic mass is 10.4. The molecule has 0 amide bonds. The summed E-state index contributed by atoms with van der Waals surface area (Å²) in [4.78, 5) is 15.2. The lowest BCUT2D eigenvalue weighted by molar-refractivity contribution is 1.08. The van der Waals surface area contributed by atoms with Gasteiger partial charge in [0.15, 0.2) is 17.3 Å². The molecule has 3 aromatic rings. The summed E-state index contributed by atoms with van der Waals surface area (Å²) in [5.41, 5.74) is 7.65. The van der Waals surface area contributed by atoms with Gasteiger partial charge in [-0.25, -0.2) is 15.0 Å². The van der Waals surface area contributed by atoms with E-state index in [9.17, 15) is 0 Å². The fourth-order valence-electron chi connectivity index (χ4n) is 1.36. The summed E-state index contributed by atoms with van der Waals surface area (Å²) in [5.74, 6) is 1.04. The van der Waals surface area contributed by atoms with Crippen LogP contribution < -0.4 is 5.73 Å². The molecule has 0 bridgehead atoms. The largest absolute Gasteiger partial charge is 0.382 e. The standard InChI is InChI=1S/C8H7N7/c9-6-5-8(11-3-10-6)14-7(13-5)4-1-2-12-15-4/h1-3H,(H,12,15)(H3,9,10,11,13,14). The van der Waals surface area contributed by atoms with E-state index >= 15 is 0 Å². The van der Waals surface area contributed by atoms with Crippen molar-refractivity contribution in [3.05, 3.63) is 18.6 Å². The predicted octanol–water partition coefficient (Wildman–Crippen LogP) is 0.325. The molecule has 0 saturated carbocycles. The molecule has 0 aliphatic carbocycles. The molecule has 0 unspecified atom stereocenters. The zero-order valence-corrected chi connectivity index (χ0v) is 7.60. The molecule has 3 aromatic heterocycles. The molecule has 3 rings (SSSR count). The Morgan fingerprint density at radius 1 is 1.27 bits per heavy atom. The van der Waals surface area contributed by atoms with Crippen LogP contribution in [0.4, 0.5) is 5.82 Å². The number of aromatic nitrogens is 6. The molecule has 74 valence electrons. The highest BCUT2D eigenvalue weighted by atomic mass is 15.1. The Balaban J connectivity index is 2.27. The van der Waals surface area contributed by atoms with Crippen molar-refractivity contribution in [2.24, 2.45) is 0 Å². The van der Waals surface area contributed by atoms with Crippen LogP contribution in [0.25, 0.3) is 22.7 Å². The summed E-state index contributed by atoms with van der Waals surface area (Å²) < 4.78 is 0. The SMILES string of the molecule is Nc1ncnc2nc(-c3ccn[nH]3)[nH]c12. The molecule has 0 atom stereocenters. The number of imidazole rings is 1. The number of nitrogens with zero attached hydrogens (tertiary/aromatic N) is 4. The van der Waals surface area contributed by atoms with Gasteiger partial charge in [0, 0.05) is 6.20 Å². The third-order valence-electron chi connectivity index (χ3n) is 2.07. The lowest BCUT2D eigenvalue weighted by Gasteiger charge is -1.90. The number of rotatable bonds is 1. The number of hydrogen-bond donors (Lipinski definition) is 3. The van der Waals surface area contributed by atoms with Gasteiger partial charge in [-0.3, -0.25) is 5.10 Å². The summed E-state index contributed by atoms with van der Waals surface area (Å²) in [5, 5.41) is 6.64. The third kappa shape index (κ3) is 1.13. The number of nitrogens with one attached hydrogen (secondary N) is 2. The van der Waals surface area contributed by atoms with E-state index in [1.165, 1.54) is 6.33 Å². The van der Waals surface area contributed by atoms with Crippen LogP contribution in [0.5, 0.6) is 0 Å². The summed E-state index contributed by atoms with van der Waals surface area (Å²) in [6, 6.07) is 1.81. The first-order valence-corrected chi connectivity index (χ1v) is 4.30. The van der Waals surface area contributed by atoms with Gasteiger partial charge >= 0.3 is 0 Å². The van der Waals surface area contributed by atoms with Gasteiger partial charge in [0.05, 0.1) is 0 Å².